The second kappa shape index (κ2) is 5.98. The minimum Gasteiger partial charge on any atom is -0.481 e. The summed E-state index contributed by atoms with van der Waals surface area (Å²) >= 11 is 0. The number of carboxylic acid groups (broad SMARTS) is 1. The average Bonchev–Trinajstić information content (AvgIpc) is 3.17. The first-order valence-corrected chi connectivity index (χ1v) is 7.86. The van der Waals surface area contributed by atoms with E-state index in [0.717, 1.165) is 6.07 Å². The van der Waals surface area contributed by atoms with E-state index in [1.807, 2.05) is 0 Å². The number of aliphatic carboxylic acids is 1. The van der Waals surface area contributed by atoms with Crippen LogP contribution in [0.15, 0.2) is 33.5 Å². The van der Waals surface area contributed by atoms with Gasteiger partial charge in [0.2, 0.25) is 11.7 Å². The normalized spacial score (nSPS) is 20.4. The van der Waals surface area contributed by atoms with Crippen molar-refractivity contribution < 1.29 is 28.6 Å². The molecule has 1 aromatic carbocycles. The Hall–Kier alpha value is -3.16. The molecule has 8 nitrogen and oxygen atoms in total. The molecule has 136 valence electrons. The summed E-state index contributed by atoms with van der Waals surface area (Å²) in [7, 11) is 1.18. The van der Waals surface area contributed by atoms with Crippen molar-refractivity contribution in [3.8, 4) is 0 Å². The Morgan fingerprint density at radius 3 is 2.46 bits per heavy atom. The summed E-state index contributed by atoms with van der Waals surface area (Å²) in [5, 5.41) is 12.0. The number of ether oxygens (including phenoxy) is 1. The zero-order valence-electron chi connectivity index (χ0n) is 14.4. The van der Waals surface area contributed by atoms with Gasteiger partial charge in [0.1, 0.15) is 5.58 Å². The van der Waals surface area contributed by atoms with E-state index in [4.69, 9.17) is 4.42 Å². The molecule has 26 heavy (non-hydrogen) atoms. The van der Waals surface area contributed by atoms with Crippen LogP contribution in [0.1, 0.15) is 24.4 Å². The number of fused-ring (bicyclic) bond motifs is 1. The van der Waals surface area contributed by atoms with Gasteiger partial charge in [0.25, 0.3) is 0 Å². The first kappa shape index (κ1) is 17.7. The molecule has 1 amide bonds. The molecule has 1 aliphatic rings. The summed E-state index contributed by atoms with van der Waals surface area (Å²) in [5.74, 6) is -3.80. The Morgan fingerprint density at radius 1 is 1.19 bits per heavy atom. The van der Waals surface area contributed by atoms with E-state index in [1.165, 1.54) is 25.3 Å². The average molecular weight is 359 g/mol. The number of methoxy groups -OCH3 is 1. The van der Waals surface area contributed by atoms with Crippen molar-refractivity contribution in [3.63, 3.8) is 0 Å². The summed E-state index contributed by atoms with van der Waals surface area (Å²) in [6.45, 7) is 3.44. The number of carbonyl (C=O) groups excluding carboxylic acids is 2. The fourth-order valence-corrected chi connectivity index (χ4v) is 3.24. The highest BCUT2D eigenvalue weighted by Crippen LogP contribution is 2.58. The standard InChI is InChI=1S/C18H17NO7/c1-18(2)13(14(18)16(22)23)15(21)19-8-4-5-11-9(6-8)10(20)7-12(26-11)17(24)25-3/h4-7,13-14H,1-3H3,(H,19,21)(H,22,23)/t13-,14+/m0/s1. The number of carboxylic acids is 1. The van der Waals surface area contributed by atoms with Crippen LogP contribution in [-0.2, 0) is 14.3 Å². The van der Waals surface area contributed by atoms with Gasteiger partial charge >= 0.3 is 11.9 Å². The molecule has 1 saturated carbocycles. The van der Waals surface area contributed by atoms with E-state index >= 15 is 0 Å². The van der Waals surface area contributed by atoms with Crippen LogP contribution in [0.4, 0.5) is 5.69 Å². The van der Waals surface area contributed by atoms with Crippen LogP contribution in [-0.4, -0.2) is 30.1 Å². The van der Waals surface area contributed by atoms with E-state index in [9.17, 15) is 24.3 Å². The number of amides is 1. The maximum absolute atomic E-state index is 12.4. The Labute approximate surface area is 147 Å². The molecule has 1 fully saturated rings. The molecule has 0 aliphatic heterocycles. The number of rotatable bonds is 4. The van der Waals surface area contributed by atoms with Gasteiger partial charge in [0.15, 0.2) is 5.43 Å². The minimum atomic E-state index is -1.01. The molecule has 1 aliphatic carbocycles. The second-order valence-corrected chi connectivity index (χ2v) is 6.78. The van der Waals surface area contributed by atoms with E-state index in [1.54, 1.807) is 13.8 Å². The fraction of sp³-hybridized carbons (Fsp3) is 0.333. The predicted molar refractivity (Wildman–Crippen MR) is 90.9 cm³/mol. The molecule has 2 N–H and O–H groups in total. The molecule has 0 saturated heterocycles. The van der Waals surface area contributed by atoms with Gasteiger partial charge in [-0.3, -0.25) is 14.4 Å². The maximum atomic E-state index is 12.4. The number of hydrogen-bond acceptors (Lipinski definition) is 6. The number of benzene rings is 1. The topological polar surface area (TPSA) is 123 Å². The quantitative estimate of drug-likeness (QED) is 0.799. The Bertz CT molecular complexity index is 989. The van der Waals surface area contributed by atoms with E-state index < -0.39 is 40.5 Å². The molecular weight excluding hydrogens is 342 g/mol. The monoisotopic (exact) mass is 359 g/mol. The van der Waals surface area contributed by atoms with Crippen molar-refractivity contribution >= 4 is 34.5 Å². The lowest BCUT2D eigenvalue weighted by atomic mass is 10.1. The zero-order chi connectivity index (χ0) is 19.2. The van der Waals surface area contributed by atoms with E-state index in [-0.39, 0.29) is 16.7 Å². The SMILES string of the molecule is COC(=O)c1cc(=O)c2cc(NC(=O)[C@@H]3[C@H](C(=O)O)C3(C)C)ccc2o1. The lowest BCUT2D eigenvalue weighted by Gasteiger charge is -2.07. The van der Waals surface area contributed by atoms with Crippen LogP contribution < -0.4 is 10.7 Å². The van der Waals surface area contributed by atoms with E-state index in [2.05, 4.69) is 10.1 Å². The van der Waals surface area contributed by atoms with Crippen LogP contribution in [0, 0.1) is 17.3 Å². The van der Waals surface area contributed by atoms with Crippen LogP contribution in [0.25, 0.3) is 11.0 Å². The van der Waals surface area contributed by atoms with Gasteiger partial charge < -0.3 is 19.6 Å². The Morgan fingerprint density at radius 2 is 1.88 bits per heavy atom. The number of esters is 1. The van der Waals surface area contributed by atoms with Gasteiger partial charge in [-0.25, -0.2) is 4.79 Å². The van der Waals surface area contributed by atoms with Crippen LogP contribution >= 0.6 is 0 Å². The van der Waals surface area contributed by atoms with Crippen molar-refractivity contribution in [2.45, 2.75) is 13.8 Å². The second-order valence-electron chi connectivity index (χ2n) is 6.78. The van der Waals surface area contributed by atoms with Crippen molar-refractivity contribution in [2.24, 2.45) is 17.3 Å². The third-order valence-electron chi connectivity index (χ3n) is 4.76. The molecule has 8 heteroatoms. The Balaban J connectivity index is 1.87. The molecule has 0 bridgehead atoms. The first-order valence-electron chi connectivity index (χ1n) is 7.86. The molecule has 0 unspecified atom stereocenters. The molecule has 2 atom stereocenters. The summed E-state index contributed by atoms with van der Waals surface area (Å²) in [6, 6.07) is 5.40. The van der Waals surface area contributed by atoms with E-state index in [0.29, 0.717) is 5.69 Å². The van der Waals surface area contributed by atoms with Gasteiger partial charge in [-0.1, -0.05) is 13.8 Å². The minimum absolute atomic E-state index is 0.172. The molecule has 3 rings (SSSR count). The fourth-order valence-electron chi connectivity index (χ4n) is 3.24. The number of anilines is 1. The molecule has 1 aromatic heterocycles. The highest BCUT2D eigenvalue weighted by Gasteiger charge is 2.65. The largest absolute Gasteiger partial charge is 0.481 e. The van der Waals surface area contributed by atoms with Gasteiger partial charge in [0, 0.05) is 11.8 Å². The first-order chi connectivity index (χ1) is 12.2. The van der Waals surface area contributed by atoms with Gasteiger partial charge in [-0.2, -0.15) is 0 Å². The molecule has 0 radical (unpaired) electrons. The smallest absolute Gasteiger partial charge is 0.374 e. The van der Waals surface area contributed by atoms with Crippen LogP contribution in [0.5, 0.6) is 0 Å². The molecule has 0 spiro atoms. The van der Waals surface area contributed by atoms with Crippen molar-refractivity contribution in [1.82, 2.24) is 0 Å². The van der Waals surface area contributed by atoms with Gasteiger partial charge in [-0.05, 0) is 23.6 Å². The maximum Gasteiger partial charge on any atom is 0.374 e. The highest BCUT2D eigenvalue weighted by molar-refractivity contribution is 6.00. The van der Waals surface area contributed by atoms with Crippen molar-refractivity contribution in [1.29, 1.82) is 0 Å². The third-order valence-corrected chi connectivity index (χ3v) is 4.76. The highest BCUT2D eigenvalue weighted by atomic mass is 16.5. The Kier molecular flexibility index (Phi) is 4.06. The van der Waals surface area contributed by atoms with Crippen LogP contribution in [0.3, 0.4) is 0 Å². The van der Waals surface area contributed by atoms with Gasteiger partial charge in [0.05, 0.1) is 24.3 Å². The number of hydrogen-bond donors (Lipinski definition) is 2. The number of nitrogens with one attached hydrogen (secondary N) is 1. The lowest BCUT2D eigenvalue weighted by molar-refractivity contribution is -0.140. The number of carbonyl (C=O) groups is 3. The van der Waals surface area contributed by atoms with Crippen LogP contribution in [0.2, 0.25) is 0 Å². The third kappa shape index (κ3) is 2.83. The summed E-state index contributed by atoms with van der Waals surface area (Å²) < 4.78 is 9.85. The summed E-state index contributed by atoms with van der Waals surface area (Å²) in [5.41, 5.74) is -0.572. The van der Waals surface area contributed by atoms with Gasteiger partial charge in [-0.15, -0.1) is 0 Å². The summed E-state index contributed by atoms with van der Waals surface area (Å²) in [6.07, 6.45) is 0. The lowest BCUT2D eigenvalue weighted by Crippen LogP contribution is -2.18. The molecule has 2 aromatic rings. The predicted octanol–water partition coefficient (Wildman–Crippen LogP) is 1.87. The summed E-state index contributed by atoms with van der Waals surface area (Å²) in [4.78, 5) is 47.3. The molecule has 1 heterocycles. The van der Waals surface area contributed by atoms with Crippen molar-refractivity contribution in [2.75, 3.05) is 12.4 Å². The zero-order valence-corrected chi connectivity index (χ0v) is 14.4. The molecular formula is C18H17NO7. The van der Waals surface area contributed by atoms with Crippen molar-refractivity contribution in [3.05, 3.63) is 40.2 Å².